The van der Waals surface area contributed by atoms with Gasteiger partial charge in [-0.25, -0.2) is 8.78 Å². The van der Waals surface area contributed by atoms with Crippen LogP contribution in [0.15, 0.2) is 0 Å². The van der Waals surface area contributed by atoms with Gasteiger partial charge in [-0.3, -0.25) is 4.79 Å². The van der Waals surface area contributed by atoms with Crippen molar-refractivity contribution in [3.05, 3.63) is 0 Å². The van der Waals surface area contributed by atoms with Crippen LogP contribution in [0.25, 0.3) is 0 Å². The normalized spacial score (nSPS) is 13.2. The second-order valence-corrected chi connectivity index (χ2v) is 6.51. The van der Waals surface area contributed by atoms with Gasteiger partial charge in [0.05, 0.1) is 6.61 Å². The van der Waals surface area contributed by atoms with Crippen LogP contribution in [0.3, 0.4) is 0 Å². The van der Waals surface area contributed by atoms with Crippen LogP contribution in [0, 0.1) is 0 Å². The molecule has 1 unspecified atom stereocenters. The number of carbonyl (C=O) groups excluding carboxylic acids is 1. The fourth-order valence-electron chi connectivity index (χ4n) is 1.75. The highest BCUT2D eigenvalue weighted by Crippen LogP contribution is 2.24. The van der Waals surface area contributed by atoms with Gasteiger partial charge in [0.2, 0.25) is 5.92 Å². The summed E-state index contributed by atoms with van der Waals surface area (Å²) in [5.74, 6) is -2.21. The van der Waals surface area contributed by atoms with E-state index in [1.54, 1.807) is 0 Å². The third kappa shape index (κ3) is 11.5. The number of halogens is 2. The number of unbranched alkanes of at least 4 members (excludes halogenated alkanes) is 2. The minimum absolute atomic E-state index is 0.119. The average Bonchev–Trinajstić information content (AvgIpc) is 2.37. The van der Waals surface area contributed by atoms with Crippen molar-refractivity contribution in [2.45, 2.75) is 76.9 Å². The fraction of sp³-hybridized carbons (Fsp3) is 0.933. The van der Waals surface area contributed by atoms with Gasteiger partial charge >= 0.3 is 5.97 Å². The molecular weight excluding hydrogens is 282 g/mol. The van der Waals surface area contributed by atoms with Gasteiger partial charge in [0.1, 0.15) is 5.25 Å². The lowest BCUT2D eigenvalue weighted by molar-refractivity contribution is -0.143. The molecule has 0 aromatic carbocycles. The number of rotatable bonds is 12. The van der Waals surface area contributed by atoms with Crippen molar-refractivity contribution < 1.29 is 18.3 Å². The maximum absolute atomic E-state index is 12.7. The number of thioether (sulfide) groups is 1. The Hall–Kier alpha value is -0.320. The molecule has 0 fully saturated rings. The van der Waals surface area contributed by atoms with E-state index < -0.39 is 5.92 Å². The maximum Gasteiger partial charge on any atom is 0.319 e. The smallest absolute Gasteiger partial charge is 0.319 e. The summed E-state index contributed by atoms with van der Waals surface area (Å²) in [6.45, 7) is 5.44. The molecule has 0 aliphatic rings. The van der Waals surface area contributed by atoms with Crippen molar-refractivity contribution in [1.82, 2.24) is 0 Å². The predicted molar refractivity (Wildman–Crippen MR) is 81.5 cm³/mol. The van der Waals surface area contributed by atoms with Gasteiger partial charge in [0.25, 0.3) is 0 Å². The molecule has 0 radical (unpaired) electrons. The van der Waals surface area contributed by atoms with Crippen LogP contribution < -0.4 is 0 Å². The predicted octanol–water partition coefficient (Wildman–Crippen LogP) is 5.06. The zero-order valence-corrected chi connectivity index (χ0v) is 13.7. The standard InChI is InChI=1S/C15H28F2O2S/c1-4-6-7-9-13(14(18)19-11-5-2)20-12-8-10-15(3,16)17/h13H,4-12H2,1-3H3. The quantitative estimate of drug-likeness (QED) is 0.372. The summed E-state index contributed by atoms with van der Waals surface area (Å²) < 4.78 is 30.6. The zero-order valence-electron chi connectivity index (χ0n) is 12.9. The number of carbonyl (C=O) groups is 1. The Bertz CT molecular complexity index is 255. The monoisotopic (exact) mass is 310 g/mol. The molecule has 120 valence electrons. The van der Waals surface area contributed by atoms with E-state index in [0.29, 0.717) is 18.8 Å². The first-order valence-corrected chi connectivity index (χ1v) is 8.61. The molecule has 5 heteroatoms. The molecule has 0 aliphatic heterocycles. The Balaban J connectivity index is 4.06. The molecule has 20 heavy (non-hydrogen) atoms. The lowest BCUT2D eigenvalue weighted by Gasteiger charge is -2.16. The zero-order chi connectivity index (χ0) is 15.4. The van der Waals surface area contributed by atoms with Crippen LogP contribution in [-0.4, -0.2) is 29.5 Å². The Morgan fingerprint density at radius 3 is 2.45 bits per heavy atom. The summed E-state index contributed by atoms with van der Waals surface area (Å²) >= 11 is 1.46. The van der Waals surface area contributed by atoms with Crippen molar-refractivity contribution in [2.24, 2.45) is 0 Å². The summed E-state index contributed by atoms with van der Waals surface area (Å²) in [6, 6.07) is 0. The summed E-state index contributed by atoms with van der Waals surface area (Å²) in [7, 11) is 0. The molecule has 0 aromatic heterocycles. The number of esters is 1. The maximum atomic E-state index is 12.7. The van der Waals surface area contributed by atoms with Crippen molar-refractivity contribution in [3.63, 3.8) is 0 Å². The molecule has 0 saturated carbocycles. The van der Waals surface area contributed by atoms with E-state index in [1.807, 2.05) is 6.92 Å². The van der Waals surface area contributed by atoms with Crippen LogP contribution in [0.4, 0.5) is 8.78 Å². The van der Waals surface area contributed by atoms with Crippen LogP contribution in [-0.2, 0) is 9.53 Å². The molecule has 1 atom stereocenters. The molecule has 0 bridgehead atoms. The minimum atomic E-state index is -2.61. The highest BCUT2D eigenvalue weighted by molar-refractivity contribution is 8.00. The van der Waals surface area contributed by atoms with Crippen molar-refractivity contribution in [1.29, 1.82) is 0 Å². The van der Waals surface area contributed by atoms with Crippen LogP contribution in [0.2, 0.25) is 0 Å². The van der Waals surface area contributed by atoms with E-state index in [4.69, 9.17) is 4.74 Å². The second kappa shape index (κ2) is 11.4. The van der Waals surface area contributed by atoms with Gasteiger partial charge in [-0.2, -0.15) is 0 Å². The Morgan fingerprint density at radius 2 is 1.90 bits per heavy atom. The number of hydrogen-bond donors (Lipinski definition) is 0. The lowest BCUT2D eigenvalue weighted by Crippen LogP contribution is -2.21. The third-order valence-electron chi connectivity index (χ3n) is 2.86. The van der Waals surface area contributed by atoms with Gasteiger partial charge < -0.3 is 4.74 Å². The molecule has 0 aliphatic carbocycles. The van der Waals surface area contributed by atoms with Crippen molar-refractivity contribution in [2.75, 3.05) is 12.4 Å². The summed E-state index contributed by atoms with van der Waals surface area (Å²) in [5.41, 5.74) is 0. The molecule has 0 spiro atoms. The van der Waals surface area contributed by atoms with Gasteiger partial charge in [0, 0.05) is 6.42 Å². The fourth-order valence-corrected chi connectivity index (χ4v) is 2.89. The Labute approximate surface area is 126 Å². The van der Waals surface area contributed by atoms with E-state index in [9.17, 15) is 13.6 Å². The third-order valence-corrected chi connectivity index (χ3v) is 4.22. The van der Waals surface area contributed by atoms with Crippen LogP contribution >= 0.6 is 11.8 Å². The van der Waals surface area contributed by atoms with Crippen molar-refractivity contribution in [3.8, 4) is 0 Å². The van der Waals surface area contributed by atoms with Gasteiger partial charge in [-0.05, 0) is 31.9 Å². The molecule has 0 heterocycles. The molecular formula is C15H28F2O2S. The highest BCUT2D eigenvalue weighted by atomic mass is 32.2. The molecule has 0 rings (SSSR count). The van der Waals surface area contributed by atoms with E-state index in [1.165, 1.54) is 11.8 Å². The van der Waals surface area contributed by atoms with Gasteiger partial charge in [-0.15, -0.1) is 11.8 Å². The number of ether oxygens (including phenoxy) is 1. The molecule has 0 N–H and O–H groups in total. The summed E-state index contributed by atoms with van der Waals surface area (Å²) in [6.07, 6.45) is 5.07. The molecule has 0 amide bonds. The van der Waals surface area contributed by atoms with Gasteiger partial charge in [-0.1, -0.05) is 33.1 Å². The van der Waals surface area contributed by atoms with Gasteiger partial charge in [0.15, 0.2) is 0 Å². The number of hydrogen-bond acceptors (Lipinski definition) is 3. The lowest BCUT2D eigenvalue weighted by atomic mass is 10.1. The van der Waals surface area contributed by atoms with Crippen molar-refractivity contribution >= 4 is 17.7 Å². The van der Waals surface area contributed by atoms with E-state index in [2.05, 4.69) is 6.92 Å². The van der Waals surface area contributed by atoms with Crippen LogP contribution in [0.1, 0.15) is 65.7 Å². The SMILES string of the molecule is CCCCCC(SCCCC(C)(F)F)C(=O)OCCC. The number of alkyl halides is 2. The van der Waals surface area contributed by atoms with Crippen LogP contribution in [0.5, 0.6) is 0 Å². The summed E-state index contributed by atoms with van der Waals surface area (Å²) in [5, 5.41) is -0.196. The Morgan fingerprint density at radius 1 is 1.20 bits per heavy atom. The molecule has 0 saturated heterocycles. The highest BCUT2D eigenvalue weighted by Gasteiger charge is 2.22. The summed E-state index contributed by atoms with van der Waals surface area (Å²) in [4.78, 5) is 11.9. The largest absolute Gasteiger partial charge is 0.465 e. The minimum Gasteiger partial charge on any atom is -0.465 e. The Kier molecular flexibility index (Phi) is 11.2. The first-order valence-electron chi connectivity index (χ1n) is 7.56. The van der Waals surface area contributed by atoms with E-state index in [-0.39, 0.29) is 17.6 Å². The topological polar surface area (TPSA) is 26.3 Å². The first kappa shape index (κ1) is 19.7. The van der Waals surface area contributed by atoms with E-state index in [0.717, 1.165) is 39.0 Å². The van der Waals surface area contributed by atoms with E-state index >= 15 is 0 Å². The molecule has 2 nitrogen and oxygen atoms in total. The average molecular weight is 310 g/mol. The first-order chi connectivity index (χ1) is 9.40. The molecule has 0 aromatic rings. The second-order valence-electron chi connectivity index (χ2n) is 5.20.